The highest BCUT2D eigenvalue weighted by atomic mass is 32.2. The SMILES string of the molecule is CC1CC(=O)Nc2ccccc2N1C(=O)CN(C)S(=O)(=O)c1ccc(/C=C/C(=O)O)cc1. The number of likely N-dealkylation sites (N-methyl/N-ethyl adjacent to an activating group) is 1. The van der Waals surface area contributed by atoms with Crippen LogP contribution in [0, 0.1) is 0 Å². The molecule has 0 saturated carbocycles. The molecule has 0 fully saturated rings. The van der Waals surface area contributed by atoms with Crippen molar-refractivity contribution in [1.29, 1.82) is 0 Å². The lowest BCUT2D eigenvalue weighted by Gasteiger charge is -2.29. The van der Waals surface area contributed by atoms with Crippen LogP contribution in [0.25, 0.3) is 6.08 Å². The number of hydrogen-bond acceptors (Lipinski definition) is 5. The number of carboxylic acid groups (broad SMARTS) is 1. The number of benzene rings is 2. The first kappa shape index (κ1) is 23.2. The summed E-state index contributed by atoms with van der Waals surface area (Å²) in [6.07, 6.45) is 2.38. The molecule has 1 unspecified atom stereocenters. The van der Waals surface area contributed by atoms with E-state index in [-0.39, 0.29) is 17.2 Å². The number of hydrogen-bond donors (Lipinski definition) is 2. The van der Waals surface area contributed by atoms with Crippen LogP contribution in [-0.4, -0.2) is 55.2 Å². The van der Waals surface area contributed by atoms with E-state index in [0.717, 1.165) is 10.4 Å². The topological polar surface area (TPSA) is 124 Å². The van der Waals surface area contributed by atoms with E-state index in [9.17, 15) is 22.8 Å². The third-order valence-electron chi connectivity index (χ3n) is 4.99. The number of carbonyl (C=O) groups is 3. The van der Waals surface area contributed by atoms with E-state index >= 15 is 0 Å². The second kappa shape index (κ2) is 9.33. The summed E-state index contributed by atoms with van der Waals surface area (Å²) in [5.41, 5.74) is 1.53. The molecule has 168 valence electrons. The van der Waals surface area contributed by atoms with Gasteiger partial charge < -0.3 is 15.3 Å². The molecule has 1 heterocycles. The Labute approximate surface area is 186 Å². The zero-order valence-corrected chi connectivity index (χ0v) is 18.4. The first-order chi connectivity index (χ1) is 15.1. The average Bonchev–Trinajstić information content (AvgIpc) is 2.86. The highest BCUT2D eigenvalue weighted by molar-refractivity contribution is 7.89. The van der Waals surface area contributed by atoms with Gasteiger partial charge in [0, 0.05) is 25.6 Å². The number of nitrogens with one attached hydrogen (secondary N) is 1. The number of sulfonamides is 1. The van der Waals surface area contributed by atoms with E-state index in [1.54, 1.807) is 31.2 Å². The molecule has 10 heteroatoms. The smallest absolute Gasteiger partial charge is 0.328 e. The normalized spacial score (nSPS) is 16.5. The molecule has 32 heavy (non-hydrogen) atoms. The molecule has 0 bridgehead atoms. The summed E-state index contributed by atoms with van der Waals surface area (Å²) in [6.45, 7) is 1.31. The fourth-order valence-electron chi connectivity index (χ4n) is 3.42. The summed E-state index contributed by atoms with van der Waals surface area (Å²) in [4.78, 5) is 37.3. The van der Waals surface area contributed by atoms with Gasteiger partial charge >= 0.3 is 5.97 Å². The first-order valence-electron chi connectivity index (χ1n) is 9.78. The number of fused-ring (bicyclic) bond motifs is 1. The fraction of sp³-hybridized carbons (Fsp3) is 0.227. The van der Waals surface area contributed by atoms with E-state index in [0.29, 0.717) is 16.9 Å². The predicted molar refractivity (Wildman–Crippen MR) is 120 cm³/mol. The Morgan fingerprint density at radius 3 is 2.50 bits per heavy atom. The van der Waals surface area contributed by atoms with Gasteiger partial charge in [-0.25, -0.2) is 13.2 Å². The van der Waals surface area contributed by atoms with Crippen molar-refractivity contribution in [3.05, 3.63) is 60.2 Å². The van der Waals surface area contributed by atoms with Crippen LogP contribution < -0.4 is 10.2 Å². The van der Waals surface area contributed by atoms with Crippen molar-refractivity contribution < 1.29 is 27.9 Å². The molecule has 0 spiro atoms. The lowest BCUT2D eigenvalue weighted by Crippen LogP contribution is -2.45. The molecule has 0 saturated heterocycles. The number of nitrogens with zero attached hydrogens (tertiary/aromatic N) is 2. The van der Waals surface area contributed by atoms with Gasteiger partial charge in [-0.2, -0.15) is 4.31 Å². The lowest BCUT2D eigenvalue weighted by atomic mass is 10.1. The Balaban J connectivity index is 1.81. The van der Waals surface area contributed by atoms with Crippen molar-refractivity contribution in [1.82, 2.24) is 4.31 Å². The highest BCUT2D eigenvalue weighted by Crippen LogP contribution is 2.31. The molecule has 9 nitrogen and oxygen atoms in total. The van der Waals surface area contributed by atoms with Crippen LogP contribution in [0.15, 0.2) is 59.5 Å². The van der Waals surface area contributed by atoms with Crippen molar-refractivity contribution in [2.24, 2.45) is 0 Å². The number of para-hydroxylation sites is 2. The van der Waals surface area contributed by atoms with Crippen molar-refractivity contribution in [3.8, 4) is 0 Å². The molecule has 2 N–H and O–H groups in total. The third-order valence-corrected chi connectivity index (χ3v) is 6.81. The number of amides is 2. The van der Waals surface area contributed by atoms with Crippen molar-refractivity contribution >= 4 is 45.3 Å². The lowest BCUT2D eigenvalue weighted by molar-refractivity contribution is -0.131. The maximum atomic E-state index is 13.1. The summed E-state index contributed by atoms with van der Waals surface area (Å²) in [5.74, 6) is -1.80. The van der Waals surface area contributed by atoms with Gasteiger partial charge in [0.25, 0.3) is 0 Å². The van der Waals surface area contributed by atoms with E-state index < -0.39 is 34.5 Å². The van der Waals surface area contributed by atoms with E-state index in [1.807, 2.05) is 0 Å². The zero-order chi connectivity index (χ0) is 23.5. The van der Waals surface area contributed by atoms with E-state index in [1.165, 1.54) is 42.3 Å². The summed E-state index contributed by atoms with van der Waals surface area (Å²) in [6, 6.07) is 12.1. The van der Waals surface area contributed by atoms with Gasteiger partial charge in [0.1, 0.15) is 0 Å². The van der Waals surface area contributed by atoms with Gasteiger partial charge in [0.05, 0.1) is 22.8 Å². The molecule has 1 aliphatic heterocycles. The van der Waals surface area contributed by atoms with Gasteiger partial charge in [-0.15, -0.1) is 0 Å². The summed E-state index contributed by atoms with van der Waals surface area (Å²) < 4.78 is 26.9. The van der Waals surface area contributed by atoms with Crippen LogP contribution >= 0.6 is 0 Å². The summed E-state index contributed by atoms with van der Waals surface area (Å²) in [7, 11) is -2.66. The average molecular weight is 458 g/mol. The van der Waals surface area contributed by atoms with Crippen LogP contribution in [0.2, 0.25) is 0 Å². The van der Waals surface area contributed by atoms with Crippen LogP contribution in [0.1, 0.15) is 18.9 Å². The minimum absolute atomic E-state index is 0.0264. The number of anilines is 2. The van der Waals surface area contributed by atoms with Crippen LogP contribution in [0.5, 0.6) is 0 Å². The number of carbonyl (C=O) groups excluding carboxylic acids is 2. The Kier molecular flexibility index (Phi) is 6.75. The number of rotatable bonds is 6. The Morgan fingerprint density at radius 2 is 1.84 bits per heavy atom. The van der Waals surface area contributed by atoms with Crippen molar-refractivity contribution in [3.63, 3.8) is 0 Å². The molecule has 1 aliphatic rings. The molecule has 0 aliphatic carbocycles. The predicted octanol–water partition coefficient (Wildman–Crippen LogP) is 2.17. The Hall–Kier alpha value is -3.50. The Morgan fingerprint density at radius 1 is 1.19 bits per heavy atom. The summed E-state index contributed by atoms with van der Waals surface area (Å²) >= 11 is 0. The number of carboxylic acids is 1. The second-order valence-electron chi connectivity index (χ2n) is 7.38. The zero-order valence-electron chi connectivity index (χ0n) is 17.6. The molecular formula is C22H23N3O6S. The maximum absolute atomic E-state index is 13.1. The van der Waals surface area contributed by atoms with Gasteiger partial charge in [-0.05, 0) is 42.8 Å². The molecule has 0 aromatic heterocycles. The van der Waals surface area contributed by atoms with Gasteiger partial charge in [-0.3, -0.25) is 9.59 Å². The maximum Gasteiger partial charge on any atom is 0.328 e. The standard InChI is InChI=1S/C22H23N3O6S/c1-15-13-20(26)23-18-5-3-4-6-19(18)25(15)21(27)14-24(2)32(30,31)17-10-7-16(8-11-17)9-12-22(28)29/h3-12,15H,13-14H2,1-2H3,(H,23,26)(H,28,29)/b12-9+. The Bertz CT molecular complexity index is 1170. The highest BCUT2D eigenvalue weighted by Gasteiger charge is 2.32. The second-order valence-corrected chi connectivity index (χ2v) is 9.43. The quantitative estimate of drug-likeness (QED) is 0.641. The minimum atomic E-state index is -3.97. The van der Waals surface area contributed by atoms with Gasteiger partial charge in [0.2, 0.25) is 21.8 Å². The monoisotopic (exact) mass is 457 g/mol. The molecule has 0 radical (unpaired) electrons. The van der Waals surface area contributed by atoms with Crippen LogP contribution in [-0.2, 0) is 24.4 Å². The molecule has 2 aromatic rings. The van der Waals surface area contributed by atoms with Crippen LogP contribution in [0.3, 0.4) is 0 Å². The van der Waals surface area contributed by atoms with Crippen molar-refractivity contribution in [2.45, 2.75) is 24.3 Å². The molecule has 2 amide bonds. The van der Waals surface area contributed by atoms with Crippen LogP contribution in [0.4, 0.5) is 11.4 Å². The molecule has 1 atom stereocenters. The molecule has 3 rings (SSSR count). The van der Waals surface area contributed by atoms with Gasteiger partial charge in [-0.1, -0.05) is 24.3 Å². The minimum Gasteiger partial charge on any atom is -0.478 e. The van der Waals surface area contributed by atoms with Gasteiger partial charge in [0.15, 0.2) is 0 Å². The molecule has 2 aromatic carbocycles. The van der Waals surface area contributed by atoms with E-state index in [2.05, 4.69) is 5.32 Å². The number of aliphatic carboxylic acids is 1. The van der Waals surface area contributed by atoms with Crippen molar-refractivity contribution in [2.75, 3.05) is 23.8 Å². The van der Waals surface area contributed by atoms with E-state index in [4.69, 9.17) is 5.11 Å². The first-order valence-corrected chi connectivity index (χ1v) is 11.2. The fourth-order valence-corrected chi connectivity index (χ4v) is 4.54. The molecular weight excluding hydrogens is 434 g/mol. The third kappa shape index (κ3) is 5.04. The summed E-state index contributed by atoms with van der Waals surface area (Å²) in [5, 5.41) is 11.4. The largest absolute Gasteiger partial charge is 0.478 e.